The maximum atomic E-state index is 13.5. The molecule has 4 rings (SSSR count). The van der Waals surface area contributed by atoms with E-state index in [1.165, 1.54) is 0 Å². The molecule has 1 aromatic carbocycles. The van der Waals surface area contributed by atoms with Crippen molar-refractivity contribution >= 4 is 28.5 Å². The zero-order valence-electron chi connectivity index (χ0n) is 16.7. The minimum absolute atomic E-state index is 0.0274. The van der Waals surface area contributed by atoms with Gasteiger partial charge in [-0.3, -0.25) is 9.59 Å². The molecule has 2 amide bonds. The molecule has 0 radical (unpaired) electrons. The van der Waals surface area contributed by atoms with Crippen molar-refractivity contribution in [2.75, 3.05) is 32.5 Å². The smallest absolute Gasteiger partial charge is 0.292 e. The molecule has 7 nitrogen and oxygen atoms in total. The molecular weight excluding hydrogens is 370 g/mol. The molecule has 1 aliphatic rings. The summed E-state index contributed by atoms with van der Waals surface area (Å²) in [4.78, 5) is 29.6. The predicted molar refractivity (Wildman–Crippen MR) is 110 cm³/mol. The quantitative estimate of drug-likeness (QED) is 0.631. The third-order valence-electron chi connectivity index (χ3n) is 5.02. The van der Waals surface area contributed by atoms with Gasteiger partial charge in [-0.25, -0.2) is 0 Å². The molecule has 0 atom stereocenters. The van der Waals surface area contributed by atoms with Gasteiger partial charge < -0.3 is 24.0 Å². The lowest BCUT2D eigenvalue weighted by Crippen LogP contribution is -2.36. The van der Waals surface area contributed by atoms with Crippen molar-refractivity contribution in [2.45, 2.75) is 19.4 Å². The minimum atomic E-state index is -0.273. The van der Waals surface area contributed by atoms with Crippen molar-refractivity contribution in [1.82, 2.24) is 9.80 Å². The van der Waals surface area contributed by atoms with Crippen LogP contribution in [0, 0.1) is 5.92 Å². The highest BCUT2D eigenvalue weighted by atomic mass is 16.4. The summed E-state index contributed by atoms with van der Waals surface area (Å²) in [6, 6.07) is 11.0. The van der Waals surface area contributed by atoms with Gasteiger partial charge in [-0.1, -0.05) is 12.1 Å². The number of nitrogens with one attached hydrogen (secondary N) is 1. The molecule has 2 heterocycles. The molecule has 1 saturated carbocycles. The third-order valence-corrected chi connectivity index (χ3v) is 5.02. The Bertz CT molecular complexity index is 1000. The number of nitrogens with zero attached hydrogens (tertiary/aromatic N) is 2. The first-order valence-corrected chi connectivity index (χ1v) is 9.81. The van der Waals surface area contributed by atoms with Gasteiger partial charge in [0.05, 0.1) is 12.8 Å². The summed E-state index contributed by atoms with van der Waals surface area (Å²) in [7, 11) is 3.91. The average molecular weight is 395 g/mol. The summed E-state index contributed by atoms with van der Waals surface area (Å²) in [5.41, 5.74) is 1.03. The van der Waals surface area contributed by atoms with Gasteiger partial charge in [0.15, 0.2) is 0 Å². The number of rotatable bonds is 8. The second kappa shape index (κ2) is 8.13. The normalized spacial score (nSPS) is 13.8. The van der Waals surface area contributed by atoms with Gasteiger partial charge in [-0.05, 0) is 51.2 Å². The van der Waals surface area contributed by atoms with Crippen LogP contribution in [0.2, 0.25) is 0 Å². The van der Waals surface area contributed by atoms with Crippen LogP contribution in [0.1, 0.15) is 29.2 Å². The van der Waals surface area contributed by atoms with Crippen LogP contribution < -0.4 is 5.32 Å². The van der Waals surface area contributed by atoms with E-state index in [2.05, 4.69) is 5.32 Å². The van der Waals surface area contributed by atoms with E-state index in [-0.39, 0.29) is 23.5 Å². The maximum absolute atomic E-state index is 13.5. The van der Waals surface area contributed by atoms with E-state index in [1.54, 1.807) is 23.3 Å². The highest BCUT2D eigenvalue weighted by Gasteiger charge is 2.33. The number of amides is 2. The minimum Gasteiger partial charge on any atom is -0.467 e. The van der Waals surface area contributed by atoms with Crippen molar-refractivity contribution in [3.05, 3.63) is 54.2 Å². The average Bonchev–Trinajstić information content (AvgIpc) is 3.33. The Balaban J connectivity index is 1.67. The Morgan fingerprint density at radius 2 is 1.90 bits per heavy atom. The van der Waals surface area contributed by atoms with Gasteiger partial charge in [-0.2, -0.15) is 0 Å². The SMILES string of the molecule is CN(C)CCN(Cc1ccco1)C(=O)c1oc2ccccc2c1NC(=O)C1CC1. The summed E-state index contributed by atoms with van der Waals surface area (Å²) < 4.78 is 11.4. The van der Waals surface area contributed by atoms with Crippen molar-refractivity contribution in [3.8, 4) is 0 Å². The number of fused-ring (bicyclic) bond motifs is 1. The predicted octanol–water partition coefficient (Wildman–Crippen LogP) is 3.58. The van der Waals surface area contributed by atoms with E-state index in [9.17, 15) is 9.59 Å². The van der Waals surface area contributed by atoms with Crippen LogP contribution in [0.15, 0.2) is 51.5 Å². The number of carbonyl (C=O) groups is 2. The van der Waals surface area contributed by atoms with Gasteiger partial charge in [0.25, 0.3) is 5.91 Å². The Morgan fingerprint density at radius 1 is 1.10 bits per heavy atom. The fourth-order valence-electron chi connectivity index (χ4n) is 3.20. The molecule has 0 bridgehead atoms. The van der Waals surface area contributed by atoms with Crippen molar-refractivity contribution < 1.29 is 18.4 Å². The maximum Gasteiger partial charge on any atom is 0.292 e. The van der Waals surface area contributed by atoms with Crippen molar-refractivity contribution in [3.63, 3.8) is 0 Å². The first kappa shape index (κ1) is 19.3. The van der Waals surface area contributed by atoms with Gasteiger partial charge in [0.2, 0.25) is 11.7 Å². The first-order valence-electron chi connectivity index (χ1n) is 9.81. The van der Waals surface area contributed by atoms with Gasteiger partial charge in [0, 0.05) is 24.4 Å². The lowest BCUT2D eigenvalue weighted by Gasteiger charge is -2.23. The lowest BCUT2D eigenvalue weighted by atomic mass is 10.2. The highest BCUT2D eigenvalue weighted by Crippen LogP contribution is 2.35. The van der Waals surface area contributed by atoms with E-state index < -0.39 is 0 Å². The Kier molecular flexibility index (Phi) is 5.40. The molecule has 1 aliphatic carbocycles. The summed E-state index contributed by atoms with van der Waals surface area (Å²) in [6.45, 7) is 1.52. The van der Waals surface area contributed by atoms with Gasteiger partial charge in [0.1, 0.15) is 17.0 Å². The molecule has 152 valence electrons. The molecule has 2 aromatic heterocycles. The monoisotopic (exact) mass is 395 g/mol. The second-order valence-corrected chi connectivity index (χ2v) is 7.68. The highest BCUT2D eigenvalue weighted by molar-refractivity contribution is 6.11. The van der Waals surface area contributed by atoms with E-state index in [0.717, 1.165) is 18.2 Å². The molecule has 1 N–H and O–H groups in total. The number of furan rings is 2. The zero-order chi connectivity index (χ0) is 20.4. The van der Waals surface area contributed by atoms with Gasteiger partial charge in [-0.15, -0.1) is 0 Å². The van der Waals surface area contributed by atoms with Crippen LogP contribution >= 0.6 is 0 Å². The fourth-order valence-corrected chi connectivity index (χ4v) is 3.20. The second-order valence-electron chi connectivity index (χ2n) is 7.68. The van der Waals surface area contributed by atoms with E-state index in [4.69, 9.17) is 8.83 Å². The van der Waals surface area contributed by atoms with Crippen LogP contribution in [0.4, 0.5) is 5.69 Å². The number of hydrogen-bond donors (Lipinski definition) is 1. The molecule has 0 aliphatic heterocycles. The number of anilines is 1. The topological polar surface area (TPSA) is 78.9 Å². The summed E-state index contributed by atoms with van der Waals surface area (Å²) in [5, 5.41) is 3.67. The zero-order valence-corrected chi connectivity index (χ0v) is 16.7. The fraction of sp³-hybridized carbons (Fsp3) is 0.364. The molecule has 7 heteroatoms. The van der Waals surface area contributed by atoms with Gasteiger partial charge >= 0.3 is 0 Å². The molecule has 1 fully saturated rings. The van der Waals surface area contributed by atoms with E-state index >= 15 is 0 Å². The lowest BCUT2D eigenvalue weighted by molar-refractivity contribution is -0.117. The first-order chi connectivity index (χ1) is 14.0. The number of carbonyl (C=O) groups excluding carboxylic acids is 2. The van der Waals surface area contributed by atoms with Crippen LogP contribution in [0.25, 0.3) is 11.0 Å². The molecular formula is C22H25N3O4. The molecule has 0 unspecified atom stereocenters. The summed E-state index contributed by atoms with van der Waals surface area (Å²) in [5.74, 6) is 0.545. The largest absolute Gasteiger partial charge is 0.467 e. The van der Waals surface area contributed by atoms with E-state index in [0.29, 0.717) is 36.7 Å². The van der Waals surface area contributed by atoms with Crippen LogP contribution in [0.3, 0.4) is 0 Å². The molecule has 0 saturated heterocycles. The third kappa shape index (κ3) is 4.35. The summed E-state index contributed by atoms with van der Waals surface area (Å²) >= 11 is 0. The van der Waals surface area contributed by atoms with Crippen LogP contribution in [-0.2, 0) is 11.3 Å². The number of benzene rings is 1. The Morgan fingerprint density at radius 3 is 2.59 bits per heavy atom. The van der Waals surface area contributed by atoms with Crippen LogP contribution in [0.5, 0.6) is 0 Å². The molecule has 3 aromatic rings. The number of likely N-dealkylation sites (N-methyl/N-ethyl adjacent to an activating group) is 1. The molecule has 29 heavy (non-hydrogen) atoms. The Labute approximate surface area is 169 Å². The number of para-hydroxylation sites is 1. The summed E-state index contributed by atoms with van der Waals surface area (Å²) in [6.07, 6.45) is 3.36. The van der Waals surface area contributed by atoms with Crippen molar-refractivity contribution in [2.24, 2.45) is 5.92 Å². The van der Waals surface area contributed by atoms with E-state index in [1.807, 2.05) is 43.3 Å². The Hall–Kier alpha value is -3.06. The van der Waals surface area contributed by atoms with Crippen molar-refractivity contribution in [1.29, 1.82) is 0 Å². The number of hydrogen-bond acceptors (Lipinski definition) is 5. The standard InChI is InChI=1S/C22H25N3O4/c1-24(2)11-12-25(14-16-6-5-13-28-16)22(27)20-19(23-21(26)15-9-10-15)17-7-3-4-8-18(17)29-20/h3-8,13,15H,9-12,14H2,1-2H3,(H,23,26). The van der Waals surface area contributed by atoms with Crippen LogP contribution in [-0.4, -0.2) is 48.8 Å². The molecule has 0 spiro atoms.